The van der Waals surface area contributed by atoms with Crippen LogP contribution in [0.1, 0.15) is 42.4 Å². The summed E-state index contributed by atoms with van der Waals surface area (Å²) < 4.78 is 14.0. The minimum Gasteiger partial charge on any atom is -0.508 e. The Morgan fingerprint density at radius 2 is 0.885 bits per heavy atom. The Hall–Kier alpha value is -7.24. The van der Waals surface area contributed by atoms with Gasteiger partial charge in [0.2, 0.25) is 29.5 Å². The molecule has 1 saturated heterocycles. The Kier molecular flexibility index (Phi) is 15.9. The first-order chi connectivity index (χ1) is 29.2. The summed E-state index contributed by atoms with van der Waals surface area (Å²) in [5.74, 6) is -4.56. The summed E-state index contributed by atoms with van der Waals surface area (Å²) in [7, 11) is 0. The van der Waals surface area contributed by atoms with Crippen molar-refractivity contribution in [2.45, 2.75) is 75.2 Å². The standard InChI is InChI=1S/C43H52FN11O6/c44-30-15-10-25(11-16-30)22-35-40(60)54-34(23-26-12-17-31(56)18-13-26)39(59)52-32(7-3-19-49-42(45)46)37(57)51-33(8-4-20-50-43(47)48)38(58)53-36(41(61)55-35)24-27-9-14-28-5-1-2-6-29(28)21-27/h1-2,5-6,9-18,21,32-36,56H,3-4,7-8,19-20,22-24H2,(H,51,57)(H,52,59)(H,53,58)(H,54,60)(H,55,61)(H4,45,46,49)(H4,47,48,50)/t32-,33-,34+,35-,36-/m0/s1. The Bertz CT molecular complexity index is 2230. The summed E-state index contributed by atoms with van der Waals surface area (Å²) in [6, 6.07) is 18.2. The highest BCUT2D eigenvalue weighted by atomic mass is 19.1. The number of hydrogen-bond acceptors (Lipinski definition) is 8. The number of rotatable bonds is 14. The lowest BCUT2D eigenvalue weighted by Crippen LogP contribution is -2.58. The van der Waals surface area contributed by atoms with Crippen LogP contribution in [-0.2, 0) is 43.2 Å². The van der Waals surface area contributed by atoms with E-state index in [0.29, 0.717) is 16.7 Å². The molecule has 18 heteroatoms. The molecule has 1 aliphatic heterocycles. The number of aromatic hydroxyl groups is 1. The van der Waals surface area contributed by atoms with Crippen molar-refractivity contribution in [1.82, 2.24) is 26.6 Å². The number of phenolic OH excluding ortho intramolecular Hbond substituents is 1. The minimum atomic E-state index is -1.33. The molecule has 4 aromatic carbocycles. The van der Waals surface area contributed by atoms with Crippen LogP contribution >= 0.6 is 0 Å². The number of nitrogens with two attached hydrogens (primary N) is 4. The van der Waals surface area contributed by atoms with Gasteiger partial charge in [-0.3, -0.25) is 34.0 Å². The molecule has 61 heavy (non-hydrogen) atoms. The number of guanidine groups is 2. The first-order valence-electron chi connectivity index (χ1n) is 19.9. The number of nitrogens with zero attached hydrogens (tertiary/aromatic N) is 2. The largest absolute Gasteiger partial charge is 0.508 e. The van der Waals surface area contributed by atoms with E-state index in [9.17, 15) is 33.5 Å². The van der Waals surface area contributed by atoms with Crippen molar-refractivity contribution in [3.05, 3.63) is 114 Å². The average molecular weight is 838 g/mol. The number of hydrogen-bond donors (Lipinski definition) is 10. The fourth-order valence-electron chi connectivity index (χ4n) is 6.86. The van der Waals surface area contributed by atoms with Crippen LogP contribution in [0.25, 0.3) is 10.8 Å². The van der Waals surface area contributed by atoms with Crippen LogP contribution < -0.4 is 49.5 Å². The smallest absolute Gasteiger partial charge is 0.243 e. The van der Waals surface area contributed by atoms with E-state index in [1.165, 1.54) is 36.4 Å². The van der Waals surface area contributed by atoms with Gasteiger partial charge in [-0.1, -0.05) is 66.7 Å². The molecular weight excluding hydrogens is 786 g/mol. The molecule has 0 radical (unpaired) electrons. The molecule has 0 unspecified atom stereocenters. The summed E-state index contributed by atoms with van der Waals surface area (Å²) in [6.07, 6.45) is 0.306. The third-order valence-corrected chi connectivity index (χ3v) is 10.0. The quantitative estimate of drug-likeness (QED) is 0.0470. The lowest BCUT2D eigenvalue weighted by Gasteiger charge is -2.26. The Morgan fingerprint density at radius 1 is 0.508 bits per heavy atom. The summed E-state index contributed by atoms with van der Waals surface area (Å²) in [5.41, 5.74) is 23.8. The maximum Gasteiger partial charge on any atom is 0.243 e. The first kappa shape index (κ1) is 44.9. The lowest BCUT2D eigenvalue weighted by molar-refractivity contribution is -0.134. The molecule has 1 fully saturated rings. The second-order valence-corrected chi connectivity index (χ2v) is 14.8. The van der Waals surface area contributed by atoms with Crippen molar-refractivity contribution in [2.75, 3.05) is 13.1 Å². The Balaban J connectivity index is 1.57. The number of fused-ring (bicyclic) bond motifs is 1. The fourth-order valence-corrected chi connectivity index (χ4v) is 6.86. The predicted molar refractivity (Wildman–Crippen MR) is 229 cm³/mol. The third-order valence-electron chi connectivity index (χ3n) is 10.0. The van der Waals surface area contributed by atoms with Gasteiger partial charge in [0, 0.05) is 32.4 Å². The monoisotopic (exact) mass is 837 g/mol. The van der Waals surface area contributed by atoms with Crippen molar-refractivity contribution in [2.24, 2.45) is 32.9 Å². The molecule has 1 aliphatic rings. The van der Waals surface area contributed by atoms with Crippen molar-refractivity contribution in [1.29, 1.82) is 0 Å². The maximum absolute atomic E-state index is 14.5. The van der Waals surface area contributed by atoms with Gasteiger partial charge in [0.1, 0.15) is 41.8 Å². The molecule has 0 aromatic heterocycles. The second-order valence-electron chi connectivity index (χ2n) is 14.8. The zero-order valence-electron chi connectivity index (χ0n) is 33.5. The predicted octanol–water partition coefficient (Wildman–Crippen LogP) is 0.257. The average Bonchev–Trinajstić information content (AvgIpc) is 3.23. The number of carbonyl (C=O) groups excluding carboxylic acids is 5. The van der Waals surface area contributed by atoms with Gasteiger partial charge in [0.25, 0.3) is 0 Å². The van der Waals surface area contributed by atoms with Crippen LogP contribution in [0.4, 0.5) is 4.39 Å². The van der Waals surface area contributed by atoms with Crippen molar-refractivity contribution >= 4 is 52.2 Å². The molecule has 322 valence electrons. The third kappa shape index (κ3) is 13.9. The molecular formula is C43H52FN11O6. The number of carbonyl (C=O) groups is 5. The lowest BCUT2D eigenvalue weighted by atomic mass is 9.99. The molecule has 0 bridgehead atoms. The fraction of sp³-hybridized carbons (Fsp3) is 0.326. The van der Waals surface area contributed by atoms with Crippen LogP contribution in [0.15, 0.2) is 101 Å². The van der Waals surface area contributed by atoms with Gasteiger partial charge in [0.15, 0.2) is 11.9 Å². The maximum atomic E-state index is 14.5. The molecule has 0 spiro atoms. The van der Waals surface area contributed by atoms with E-state index >= 15 is 0 Å². The van der Waals surface area contributed by atoms with Crippen molar-refractivity contribution in [3.63, 3.8) is 0 Å². The highest BCUT2D eigenvalue weighted by Gasteiger charge is 2.35. The summed E-state index contributed by atoms with van der Waals surface area (Å²) in [6.45, 7) is 0.243. The molecule has 0 aliphatic carbocycles. The van der Waals surface area contributed by atoms with E-state index in [4.69, 9.17) is 22.9 Å². The van der Waals surface area contributed by atoms with E-state index in [-0.39, 0.29) is 75.7 Å². The van der Waals surface area contributed by atoms with Crippen LogP contribution in [0.2, 0.25) is 0 Å². The number of phenols is 1. The number of nitrogens with one attached hydrogen (secondary N) is 5. The zero-order chi connectivity index (χ0) is 43.9. The van der Waals surface area contributed by atoms with Gasteiger partial charge in [-0.25, -0.2) is 4.39 Å². The molecule has 1 heterocycles. The van der Waals surface area contributed by atoms with Crippen LogP contribution in [0.3, 0.4) is 0 Å². The number of amides is 5. The van der Waals surface area contributed by atoms with Gasteiger partial charge in [-0.2, -0.15) is 0 Å². The highest BCUT2D eigenvalue weighted by molar-refractivity contribution is 5.98. The van der Waals surface area contributed by atoms with E-state index in [2.05, 4.69) is 36.6 Å². The molecule has 5 atom stereocenters. The molecule has 0 saturated carbocycles. The van der Waals surface area contributed by atoms with E-state index in [0.717, 1.165) is 10.8 Å². The van der Waals surface area contributed by atoms with E-state index in [1.807, 2.05) is 42.5 Å². The zero-order valence-corrected chi connectivity index (χ0v) is 33.5. The molecule has 5 rings (SSSR count). The van der Waals surface area contributed by atoms with Crippen molar-refractivity contribution in [3.8, 4) is 5.75 Å². The number of benzene rings is 4. The summed E-state index contributed by atoms with van der Waals surface area (Å²) >= 11 is 0. The van der Waals surface area contributed by atoms with Crippen LogP contribution in [-0.4, -0.2) is 89.9 Å². The summed E-state index contributed by atoms with van der Waals surface area (Å²) in [5, 5.41) is 25.6. The SMILES string of the molecule is NC(N)=NCCC[C@@H]1NC(=O)[C@H](CCCN=C(N)N)NC(=O)[C@@H](Cc2ccc(O)cc2)NC(=O)[C@H](Cc2ccc(F)cc2)NC(=O)[C@H](Cc2ccc3ccccc3c2)NC1=O. The van der Waals surface area contributed by atoms with Crippen LogP contribution in [0, 0.1) is 5.82 Å². The van der Waals surface area contributed by atoms with Gasteiger partial charge in [-0.05, 0) is 77.4 Å². The summed E-state index contributed by atoms with van der Waals surface area (Å²) in [4.78, 5) is 79.4. The first-order valence-corrected chi connectivity index (χ1v) is 19.9. The Morgan fingerprint density at radius 3 is 1.34 bits per heavy atom. The van der Waals surface area contributed by atoms with Gasteiger partial charge in [-0.15, -0.1) is 0 Å². The number of aliphatic imine (C=N–C) groups is 2. The topological polar surface area (TPSA) is 295 Å². The molecule has 17 nitrogen and oxygen atoms in total. The van der Waals surface area contributed by atoms with Crippen LogP contribution in [0.5, 0.6) is 5.75 Å². The van der Waals surface area contributed by atoms with Crippen molar-refractivity contribution < 1.29 is 33.5 Å². The normalized spacial score (nSPS) is 20.1. The van der Waals surface area contributed by atoms with Gasteiger partial charge < -0.3 is 54.6 Å². The molecule has 14 N–H and O–H groups in total. The number of halogens is 1. The van der Waals surface area contributed by atoms with Gasteiger partial charge in [0.05, 0.1) is 0 Å². The minimum absolute atomic E-state index is 0.0150. The molecule has 4 aromatic rings. The second kappa shape index (κ2) is 21.7. The van der Waals surface area contributed by atoms with E-state index in [1.54, 1.807) is 12.1 Å². The van der Waals surface area contributed by atoms with E-state index < -0.39 is 65.6 Å². The van der Waals surface area contributed by atoms with Gasteiger partial charge >= 0.3 is 0 Å². The molecule has 5 amide bonds. The highest BCUT2D eigenvalue weighted by Crippen LogP contribution is 2.18. The Labute approximate surface area is 352 Å².